The van der Waals surface area contributed by atoms with Gasteiger partial charge in [-0.25, -0.2) is 4.98 Å². The second-order valence-corrected chi connectivity index (χ2v) is 3.34. The molecule has 0 bridgehead atoms. The van der Waals surface area contributed by atoms with Gasteiger partial charge in [0.2, 0.25) is 5.91 Å². The summed E-state index contributed by atoms with van der Waals surface area (Å²) in [5.74, 6) is 0.210. The van der Waals surface area contributed by atoms with Crippen molar-refractivity contribution in [3.8, 4) is 0 Å². The van der Waals surface area contributed by atoms with Crippen molar-refractivity contribution in [3.05, 3.63) is 18.2 Å². The molecule has 0 aromatic carbocycles. The average Bonchev–Trinajstić information content (AvgIpc) is 2.74. The third kappa shape index (κ3) is 1.88. The summed E-state index contributed by atoms with van der Waals surface area (Å²) in [6.45, 7) is 1.85. The van der Waals surface area contributed by atoms with Gasteiger partial charge < -0.3 is 9.88 Å². The van der Waals surface area contributed by atoms with Crippen LogP contribution in [0.1, 0.15) is 18.5 Å². The number of likely N-dealkylation sites (tertiary alicyclic amines) is 1. The molecule has 1 saturated heterocycles. The predicted octanol–water partition coefficient (Wildman–Crippen LogP) is 0.575. The largest absolute Gasteiger partial charge is 0.348 e. The second kappa shape index (κ2) is 3.60. The Hall–Kier alpha value is -1.32. The van der Waals surface area contributed by atoms with Crippen LogP contribution in [0.5, 0.6) is 0 Å². The average molecular weight is 179 g/mol. The molecule has 2 heterocycles. The van der Waals surface area contributed by atoms with E-state index >= 15 is 0 Å². The quantitative estimate of drug-likeness (QED) is 0.721. The van der Waals surface area contributed by atoms with Crippen molar-refractivity contribution in [2.45, 2.75) is 19.3 Å². The summed E-state index contributed by atoms with van der Waals surface area (Å²) in [6.07, 6.45) is 6.06. The maximum atomic E-state index is 11.6. The topological polar surface area (TPSA) is 49.0 Å². The highest BCUT2D eigenvalue weighted by molar-refractivity contribution is 5.78. The Morgan fingerprint density at radius 1 is 1.54 bits per heavy atom. The molecule has 4 heteroatoms. The van der Waals surface area contributed by atoms with Crippen LogP contribution in [0.3, 0.4) is 0 Å². The van der Waals surface area contributed by atoms with Crippen LogP contribution in [0, 0.1) is 0 Å². The van der Waals surface area contributed by atoms with Gasteiger partial charge in [0.25, 0.3) is 0 Å². The Balaban J connectivity index is 1.91. The SMILES string of the molecule is O=C(Cc1cnc[nH]1)N1CCCC1. The first-order chi connectivity index (χ1) is 6.36. The van der Waals surface area contributed by atoms with Gasteiger partial charge in [-0.3, -0.25) is 4.79 Å². The van der Waals surface area contributed by atoms with Crippen LogP contribution in [0.15, 0.2) is 12.5 Å². The van der Waals surface area contributed by atoms with E-state index in [1.807, 2.05) is 4.90 Å². The van der Waals surface area contributed by atoms with Crippen molar-refractivity contribution >= 4 is 5.91 Å². The van der Waals surface area contributed by atoms with Crippen molar-refractivity contribution < 1.29 is 4.79 Å². The van der Waals surface area contributed by atoms with Gasteiger partial charge in [0, 0.05) is 25.0 Å². The molecule has 0 spiro atoms. The molecule has 13 heavy (non-hydrogen) atoms. The molecule has 1 aromatic heterocycles. The number of nitrogens with zero attached hydrogens (tertiary/aromatic N) is 2. The Morgan fingerprint density at radius 2 is 2.31 bits per heavy atom. The number of imidazole rings is 1. The van der Waals surface area contributed by atoms with Crippen molar-refractivity contribution in [1.29, 1.82) is 0 Å². The fourth-order valence-electron chi connectivity index (χ4n) is 1.62. The summed E-state index contributed by atoms with van der Waals surface area (Å²) < 4.78 is 0. The molecule has 1 amide bonds. The van der Waals surface area contributed by atoms with E-state index in [1.54, 1.807) is 12.5 Å². The Kier molecular flexibility index (Phi) is 2.29. The number of hydrogen-bond acceptors (Lipinski definition) is 2. The maximum Gasteiger partial charge on any atom is 0.228 e. The summed E-state index contributed by atoms with van der Waals surface area (Å²) in [4.78, 5) is 20.3. The number of aromatic amines is 1. The van der Waals surface area contributed by atoms with E-state index in [0.29, 0.717) is 6.42 Å². The highest BCUT2D eigenvalue weighted by Crippen LogP contribution is 2.09. The van der Waals surface area contributed by atoms with Crippen LogP contribution >= 0.6 is 0 Å². The number of carbonyl (C=O) groups excluding carboxylic acids is 1. The zero-order valence-electron chi connectivity index (χ0n) is 7.49. The minimum absolute atomic E-state index is 0.210. The van der Waals surface area contributed by atoms with Crippen molar-refractivity contribution in [2.75, 3.05) is 13.1 Å². The van der Waals surface area contributed by atoms with E-state index in [9.17, 15) is 4.79 Å². The molecule has 4 nitrogen and oxygen atoms in total. The lowest BCUT2D eigenvalue weighted by atomic mass is 10.3. The highest BCUT2D eigenvalue weighted by Gasteiger charge is 2.17. The Morgan fingerprint density at radius 3 is 2.92 bits per heavy atom. The lowest BCUT2D eigenvalue weighted by molar-refractivity contribution is -0.129. The standard InChI is InChI=1S/C9H13N3O/c13-9(12-3-1-2-4-12)5-8-6-10-7-11-8/h6-7H,1-5H2,(H,10,11). The predicted molar refractivity (Wildman–Crippen MR) is 48.1 cm³/mol. The van der Waals surface area contributed by atoms with Gasteiger partial charge in [0.1, 0.15) is 0 Å². The minimum Gasteiger partial charge on any atom is -0.348 e. The fraction of sp³-hybridized carbons (Fsp3) is 0.556. The molecule has 0 atom stereocenters. The van der Waals surface area contributed by atoms with Gasteiger partial charge in [0.05, 0.1) is 12.7 Å². The van der Waals surface area contributed by atoms with Crippen LogP contribution in [-0.4, -0.2) is 33.9 Å². The molecule has 1 aliphatic heterocycles. The van der Waals surface area contributed by atoms with Crippen molar-refractivity contribution in [2.24, 2.45) is 0 Å². The number of rotatable bonds is 2. The number of amides is 1. The first kappa shape index (κ1) is 8.29. The summed E-state index contributed by atoms with van der Waals surface area (Å²) in [7, 11) is 0. The summed E-state index contributed by atoms with van der Waals surface area (Å²) in [6, 6.07) is 0. The second-order valence-electron chi connectivity index (χ2n) is 3.34. The number of H-pyrrole nitrogens is 1. The Labute approximate surface area is 77.0 Å². The molecule has 0 saturated carbocycles. The highest BCUT2D eigenvalue weighted by atomic mass is 16.2. The van der Waals surface area contributed by atoms with E-state index in [2.05, 4.69) is 9.97 Å². The lowest BCUT2D eigenvalue weighted by Gasteiger charge is -2.13. The molecular weight excluding hydrogens is 166 g/mol. The van der Waals surface area contributed by atoms with E-state index in [0.717, 1.165) is 31.6 Å². The van der Waals surface area contributed by atoms with E-state index in [1.165, 1.54) is 0 Å². The monoisotopic (exact) mass is 179 g/mol. The zero-order valence-corrected chi connectivity index (χ0v) is 7.49. The molecule has 0 aliphatic carbocycles. The zero-order chi connectivity index (χ0) is 9.10. The number of aromatic nitrogens is 2. The van der Waals surface area contributed by atoms with Gasteiger partial charge in [-0.15, -0.1) is 0 Å². The summed E-state index contributed by atoms with van der Waals surface area (Å²) in [5, 5.41) is 0. The summed E-state index contributed by atoms with van der Waals surface area (Å²) >= 11 is 0. The van der Waals surface area contributed by atoms with Gasteiger partial charge in [-0.1, -0.05) is 0 Å². The minimum atomic E-state index is 0.210. The number of carbonyl (C=O) groups is 1. The molecule has 1 aliphatic rings. The number of hydrogen-bond donors (Lipinski definition) is 1. The van der Waals surface area contributed by atoms with Crippen LogP contribution in [0.4, 0.5) is 0 Å². The molecule has 70 valence electrons. The molecule has 2 rings (SSSR count). The molecule has 0 radical (unpaired) electrons. The van der Waals surface area contributed by atoms with Crippen LogP contribution < -0.4 is 0 Å². The van der Waals surface area contributed by atoms with Gasteiger partial charge >= 0.3 is 0 Å². The van der Waals surface area contributed by atoms with E-state index < -0.39 is 0 Å². The molecular formula is C9H13N3O. The van der Waals surface area contributed by atoms with Crippen molar-refractivity contribution in [3.63, 3.8) is 0 Å². The van der Waals surface area contributed by atoms with Gasteiger partial charge in [0.15, 0.2) is 0 Å². The summed E-state index contributed by atoms with van der Waals surface area (Å²) in [5.41, 5.74) is 0.900. The Bertz CT molecular complexity index is 275. The third-order valence-corrected chi connectivity index (χ3v) is 2.36. The van der Waals surface area contributed by atoms with Crippen LogP contribution in [-0.2, 0) is 11.2 Å². The maximum absolute atomic E-state index is 11.6. The van der Waals surface area contributed by atoms with E-state index in [4.69, 9.17) is 0 Å². The van der Waals surface area contributed by atoms with Gasteiger partial charge in [-0.05, 0) is 12.8 Å². The van der Waals surface area contributed by atoms with Crippen molar-refractivity contribution in [1.82, 2.24) is 14.9 Å². The van der Waals surface area contributed by atoms with Crippen LogP contribution in [0.25, 0.3) is 0 Å². The van der Waals surface area contributed by atoms with Gasteiger partial charge in [-0.2, -0.15) is 0 Å². The smallest absolute Gasteiger partial charge is 0.228 e. The third-order valence-electron chi connectivity index (χ3n) is 2.36. The first-order valence-corrected chi connectivity index (χ1v) is 4.61. The van der Waals surface area contributed by atoms with E-state index in [-0.39, 0.29) is 5.91 Å². The molecule has 0 unspecified atom stereocenters. The fourth-order valence-corrected chi connectivity index (χ4v) is 1.62. The molecule has 1 N–H and O–H groups in total. The normalized spacial score (nSPS) is 16.5. The van der Waals surface area contributed by atoms with Crippen LogP contribution in [0.2, 0.25) is 0 Å². The number of nitrogens with one attached hydrogen (secondary N) is 1. The molecule has 1 aromatic rings. The lowest BCUT2D eigenvalue weighted by Crippen LogP contribution is -2.29. The first-order valence-electron chi connectivity index (χ1n) is 4.61. The molecule has 1 fully saturated rings.